The third-order valence-electron chi connectivity index (χ3n) is 2.28. The average molecular weight is 179 g/mol. The van der Waals surface area contributed by atoms with E-state index in [1.165, 1.54) is 32.0 Å². The molecule has 5 heteroatoms. The molecule has 0 amide bonds. The van der Waals surface area contributed by atoms with Crippen LogP contribution in [0.25, 0.3) is 0 Å². The van der Waals surface area contributed by atoms with E-state index in [0.29, 0.717) is 12.0 Å². The molecule has 1 heterocycles. The Hall–Kier alpha value is -1.39. The van der Waals surface area contributed by atoms with Crippen LogP contribution in [0.3, 0.4) is 0 Å². The second-order valence-corrected chi connectivity index (χ2v) is 3.29. The average Bonchev–Trinajstić information content (AvgIpc) is 2.57. The molecular formula is C8H13N5. The van der Waals surface area contributed by atoms with E-state index in [1.807, 2.05) is 0 Å². The maximum absolute atomic E-state index is 5.43. The first-order valence-corrected chi connectivity index (χ1v) is 4.55. The van der Waals surface area contributed by atoms with E-state index >= 15 is 0 Å². The number of nitrogens with two attached hydrogens (primary N) is 1. The maximum atomic E-state index is 5.43. The standard InChI is InChI=1S/C8H13N5/c9-7-10-5-11-8(13-7)12-6-3-1-2-4-6/h5-6H,1-4H2,(H3,9,10,11,12,13). The lowest BCUT2D eigenvalue weighted by Gasteiger charge is -2.10. The first kappa shape index (κ1) is 8.22. The fourth-order valence-corrected chi connectivity index (χ4v) is 1.63. The minimum Gasteiger partial charge on any atom is -0.368 e. The molecule has 0 aliphatic heterocycles. The Bertz CT molecular complexity index is 282. The summed E-state index contributed by atoms with van der Waals surface area (Å²) in [6, 6.07) is 0.516. The summed E-state index contributed by atoms with van der Waals surface area (Å²) in [6.07, 6.45) is 6.41. The Morgan fingerprint density at radius 3 is 2.77 bits per heavy atom. The van der Waals surface area contributed by atoms with Gasteiger partial charge >= 0.3 is 0 Å². The summed E-state index contributed by atoms with van der Waals surface area (Å²) in [5.74, 6) is 0.870. The van der Waals surface area contributed by atoms with Crippen molar-refractivity contribution in [2.45, 2.75) is 31.7 Å². The van der Waals surface area contributed by atoms with Gasteiger partial charge in [0.25, 0.3) is 0 Å². The lowest BCUT2D eigenvalue weighted by molar-refractivity contribution is 0.742. The highest BCUT2D eigenvalue weighted by Gasteiger charge is 2.15. The van der Waals surface area contributed by atoms with Crippen LogP contribution in [0.4, 0.5) is 11.9 Å². The van der Waals surface area contributed by atoms with Crippen molar-refractivity contribution in [3.05, 3.63) is 6.33 Å². The van der Waals surface area contributed by atoms with Crippen LogP contribution >= 0.6 is 0 Å². The van der Waals surface area contributed by atoms with Gasteiger partial charge in [0, 0.05) is 6.04 Å². The van der Waals surface area contributed by atoms with Crippen LogP contribution in [0.2, 0.25) is 0 Å². The first-order valence-electron chi connectivity index (χ1n) is 4.55. The quantitative estimate of drug-likeness (QED) is 0.702. The van der Waals surface area contributed by atoms with Crippen LogP contribution in [0.15, 0.2) is 6.33 Å². The van der Waals surface area contributed by atoms with Gasteiger partial charge in [-0.1, -0.05) is 12.8 Å². The minimum absolute atomic E-state index is 0.274. The number of aromatic nitrogens is 3. The van der Waals surface area contributed by atoms with Crippen molar-refractivity contribution in [3.63, 3.8) is 0 Å². The highest BCUT2D eigenvalue weighted by Crippen LogP contribution is 2.20. The van der Waals surface area contributed by atoms with Crippen molar-refractivity contribution in [1.82, 2.24) is 15.0 Å². The van der Waals surface area contributed by atoms with E-state index in [9.17, 15) is 0 Å². The molecule has 0 unspecified atom stereocenters. The molecule has 1 fully saturated rings. The number of nitrogens with zero attached hydrogens (tertiary/aromatic N) is 3. The highest BCUT2D eigenvalue weighted by molar-refractivity contribution is 5.30. The van der Waals surface area contributed by atoms with E-state index in [0.717, 1.165) is 0 Å². The molecule has 1 aromatic rings. The van der Waals surface area contributed by atoms with E-state index in [1.54, 1.807) is 0 Å². The summed E-state index contributed by atoms with van der Waals surface area (Å²) in [6.45, 7) is 0. The molecule has 1 aliphatic rings. The molecule has 1 saturated carbocycles. The van der Waals surface area contributed by atoms with E-state index in [-0.39, 0.29) is 5.95 Å². The number of nitrogen functional groups attached to an aromatic ring is 1. The zero-order chi connectivity index (χ0) is 9.10. The lowest BCUT2D eigenvalue weighted by Crippen LogP contribution is -2.17. The van der Waals surface area contributed by atoms with Crippen LogP contribution in [0, 0.1) is 0 Å². The van der Waals surface area contributed by atoms with Gasteiger partial charge in [-0.2, -0.15) is 4.98 Å². The van der Waals surface area contributed by atoms with Gasteiger partial charge in [0.1, 0.15) is 6.33 Å². The fraction of sp³-hybridized carbons (Fsp3) is 0.625. The van der Waals surface area contributed by atoms with Crippen molar-refractivity contribution in [3.8, 4) is 0 Å². The Labute approximate surface area is 76.8 Å². The fourth-order valence-electron chi connectivity index (χ4n) is 1.63. The smallest absolute Gasteiger partial charge is 0.227 e. The molecule has 2 rings (SSSR count). The summed E-state index contributed by atoms with van der Waals surface area (Å²) in [5.41, 5.74) is 5.43. The topological polar surface area (TPSA) is 76.7 Å². The molecule has 0 atom stereocenters. The number of hydrogen-bond donors (Lipinski definition) is 2. The molecule has 13 heavy (non-hydrogen) atoms. The van der Waals surface area contributed by atoms with Crippen molar-refractivity contribution in [2.24, 2.45) is 0 Å². The molecule has 0 radical (unpaired) electrons. The monoisotopic (exact) mass is 179 g/mol. The van der Waals surface area contributed by atoms with Crippen LogP contribution in [-0.2, 0) is 0 Å². The molecule has 1 aliphatic carbocycles. The van der Waals surface area contributed by atoms with Crippen molar-refractivity contribution in [1.29, 1.82) is 0 Å². The Morgan fingerprint density at radius 2 is 2.08 bits per heavy atom. The molecule has 5 nitrogen and oxygen atoms in total. The van der Waals surface area contributed by atoms with Crippen molar-refractivity contribution < 1.29 is 0 Å². The van der Waals surface area contributed by atoms with E-state index < -0.39 is 0 Å². The van der Waals surface area contributed by atoms with Gasteiger partial charge in [-0.05, 0) is 12.8 Å². The highest BCUT2D eigenvalue weighted by atomic mass is 15.2. The van der Waals surface area contributed by atoms with Gasteiger partial charge < -0.3 is 11.1 Å². The zero-order valence-corrected chi connectivity index (χ0v) is 7.40. The van der Waals surface area contributed by atoms with Crippen LogP contribution in [0.5, 0.6) is 0 Å². The summed E-state index contributed by atoms with van der Waals surface area (Å²) < 4.78 is 0. The van der Waals surface area contributed by atoms with Crippen LogP contribution in [0.1, 0.15) is 25.7 Å². The van der Waals surface area contributed by atoms with Gasteiger partial charge in [-0.15, -0.1) is 0 Å². The third kappa shape index (κ3) is 2.05. The first-order chi connectivity index (χ1) is 6.34. The lowest BCUT2D eigenvalue weighted by atomic mass is 10.3. The molecule has 1 aromatic heterocycles. The number of rotatable bonds is 2. The molecular weight excluding hydrogens is 166 g/mol. The second kappa shape index (κ2) is 3.55. The summed E-state index contributed by atoms with van der Waals surface area (Å²) in [4.78, 5) is 11.7. The third-order valence-corrected chi connectivity index (χ3v) is 2.28. The normalized spacial score (nSPS) is 17.5. The SMILES string of the molecule is Nc1ncnc(NC2CCCC2)n1. The van der Waals surface area contributed by atoms with Gasteiger partial charge in [0.05, 0.1) is 0 Å². The number of nitrogens with one attached hydrogen (secondary N) is 1. The second-order valence-electron chi connectivity index (χ2n) is 3.29. The zero-order valence-electron chi connectivity index (χ0n) is 7.40. The van der Waals surface area contributed by atoms with Crippen LogP contribution < -0.4 is 11.1 Å². The molecule has 0 spiro atoms. The maximum Gasteiger partial charge on any atom is 0.227 e. The molecule has 0 bridgehead atoms. The molecule has 0 aromatic carbocycles. The van der Waals surface area contributed by atoms with Gasteiger partial charge in [0.15, 0.2) is 0 Å². The van der Waals surface area contributed by atoms with Gasteiger partial charge in [-0.25, -0.2) is 9.97 Å². The Kier molecular flexibility index (Phi) is 2.25. The summed E-state index contributed by atoms with van der Waals surface area (Å²) >= 11 is 0. The van der Waals surface area contributed by atoms with Gasteiger partial charge in [0.2, 0.25) is 11.9 Å². The van der Waals surface area contributed by atoms with E-state index in [2.05, 4.69) is 20.3 Å². The number of hydrogen-bond acceptors (Lipinski definition) is 5. The molecule has 3 N–H and O–H groups in total. The summed E-state index contributed by atoms with van der Waals surface area (Å²) in [5, 5.41) is 3.24. The predicted molar refractivity (Wildman–Crippen MR) is 50.1 cm³/mol. The Balaban J connectivity index is 2.00. The summed E-state index contributed by atoms with van der Waals surface area (Å²) in [7, 11) is 0. The van der Waals surface area contributed by atoms with Gasteiger partial charge in [-0.3, -0.25) is 0 Å². The Morgan fingerprint density at radius 1 is 1.31 bits per heavy atom. The van der Waals surface area contributed by atoms with Crippen molar-refractivity contribution in [2.75, 3.05) is 11.1 Å². The van der Waals surface area contributed by atoms with E-state index in [4.69, 9.17) is 5.73 Å². The van der Waals surface area contributed by atoms with Crippen molar-refractivity contribution >= 4 is 11.9 Å². The minimum atomic E-state index is 0.274. The predicted octanol–water partition coefficient (Wildman–Crippen LogP) is 0.808. The largest absolute Gasteiger partial charge is 0.368 e. The number of anilines is 2. The molecule has 70 valence electrons. The molecule has 0 saturated heterocycles. The van der Waals surface area contributed by atoms with Crippen LogP contribution in [-0.4, -0.2) is 21.0 Å².